The molecule has 0 unspecified atom stereocenters. The lowest BCUT2D eigenvalue weighted by Gasteiger charge is -2.12. The minimum absolute atomic E-state index is 0.189. The maximum atomic E-state index is 13.6. The van der Waals surface area contributed by atoms with Crippen molar-refractivity contribution in [3.05, 3.63) is 73.7 Å². The molecule has 0 saturated heterocycles. The monoisotopic (exact) mass is 429 g/mol. The Morgan fingerprint density at radius 3 is 2.76 bits per heavy atom. The predicted octanol–water partition coefficient (Wildman–Crippen LogP) is 1.75. The molecule has 3 heterocycles. The van der Waals surface area contributed by atoms with Gasteiger partial charge in [-0.05, 0) is 42.0 Å². The molecule has 6 nitrogen and oxygen atoms in total. The van der Waals surface area contributed by atoms with Crippen LogP contribution in [0.3, 0.4) is 0 Å². The molecule has 9 heteroatoms. The number of hydrogen-bond donors (Lipinski definition) is 0. The summed E-state index contributed by atoms with van der Waals surface area (Å²) >= 11 is 2.62. The highest BCUT2D eigenvalue weighted by Gasteiger charge is 2.25. The van der Waals surface area contributed by atoms with Crippen molar-refractivity contribution >= 4 is 45.9 Å². The van der Waals surface area contributed by atoms with Crippen molar-refractivity contribution in [2.75, 3.05) is 19.1 Å². The number of ether oxygens (including phenoxy) is 1. The number of methoxy groups -OCH3 is 1. The number of thioether (sulfide) groups is 1. The van der Waals surface area contributed by atoms with Crippen molar-refractivity contribution in [3.63, 3.8) is 0 Å². The number of anilines is 1. The van der Waals surface area contributed by atoms with Gasteiger partial charge in [-0.2, -0.15) is 0 Å². The van der Waals surface area contributed by atoms with Gasteiger partial charge in [-0.15, -0.1) is 11.3 Å². The van der Waals surface area contributed by atoms with Gasteiger partial charge in [0.15, 0.2) is 0 Å². The highest BCUT2D eigenvalue weighted by atomic mass is 32.2. The number of hydrogen-bond acceptors (Lipinski definition) is 7. The van der Waals surface area contributed by atoms with Crippen LogP contribution in [0, 0.1) is 5.82 Å². The smallest absolute Gasteiger partial charge is 0.325 e. The Morgan fingerprint density at radius 2 is 2.03 bits per heavy atom. The standard InChI is InChI=1S/C20H16FN3O3S2/c1-23-14-4-3-13(21)10-15(14)28-20(23)18-19(26)24(11-17(25)27-2)16(29-18)9-12-5-7-22-8-6-12/h3-10H,11H2,1-2H3. The van der Waals surface area contributed by atoms with Gasteiger partial charge in [0.05, 0.1) is 17.5 Å². The number of carbonyl (C=O) groups excluding carboxylic acids is 1. The van der Waals surface area contributed by atoms with Crippen LogP contribution in [0.4, 0.5) is 10.1 Å². The Hall–Kier alpha value is -2.91. The third-order valence-electron chi connectivity index (χ3n) is 4.41. The molecule has 2 aromatic heterocycles. The first-order valence-electron chi connectivity index (χ1n) is 8.61. The topological polar surface area (TPSA) is 64.4 Å². The van der Waals surface area contributed by atoms with Gasteiger partial charge in [0, 0.05) is 24.3 Å². The summed E-state index contributed by atoms with van der Waals surface area (Å²) in [5.41, 5.74) is 1.40. The van der Waals surface area contributed by atoms with E-state index in [4.69, 9.17) is 4.74 Å². The molecule has 1 aliphatic rings. The largest absolute Gasteiger partial charge is 0.468 e. The fraction of sp³-hybridized carbons (Fsp3) is 0.150. The molecule has 0 fully saturated rings. The Morgan fingerprint density at radius 1 is 1.28 bits per heavy atom. The van der Waals surface area contributed by atoms with E-state index in [9.17, 15) is 14.0 Å². The first-order valence-corrected chi connectivity index (χ1v) is 10.2. The number of thiazole rings is 1. The van der Waals surface area contributed by atoms with Gasteiger partial charge in [-0.3, -0.25) is 19.1 Å². The minimum atomic E-state index is -0.511. The van der Waals surface area contributed by atoms with Crippen LogP contribution >= 0.6 is 23.1 Å². The number of rotatable bonds is 3. The summed E-state index contributed by atoms with van der Waals surface area (Å²) in [5, 5.41) is 0.702. The van der Waals surface area contributed by atoms with E-state index in [1.54, 1.807) is 18.5 Å². The van der Waals surface area contributed by atoms with Gasteiger partial charge in [-0.1, -0.05) is 11.8 Å². The zero-order valence-electron chi connectivity index (χ0n) is 15.6. The number of aromatic nitrogens is 2. The van der Waals surface area contributed by atoms with E-state index in [2.05, 4.69) is 4.98 Å². The molecule has 0 bridgehead atoms. The molecule has 29 heavy (non-hydrogen) atoms. The van der Waals surface area contributed by atoms with E-state index in [1.807, 2.05) is 30.2 Å². The number of esters is 1. The fourth-order valence-corrected chi connectivity index (χ4v) is 5.38. The van der Waals surface area contributed by atoms with Gasteiger partial charge < -0.3 is 9.64 Å². The highest BCUT2D eigenvalue weighted by molar-refractivity contribution is 8.08. The van der Waals surface area contributed by atoms with E-state index in [1.165, 1.54) is 46.9 Å². The fourth-order valence-electron chi connectivity index (χ4n) is 2.94. The molecule has 0 atom stereocenters. The van der Waals surface area contributed by atoms with Crippen molar-refractivity contribution in [3.8, 4) is 0 Å². The summed E-state index contributed by atoms with van der Waals surface area (Å²) in [6.07, 6.45) is 5.14. The highest BCUT2D eigenvalue weighted by Crippen LogP contribution is 2.45. The Kier molecular flexibility index (Phi) is 5.25. The Labute approximate surface area is 173 Å². The Balaban J connectivity index is 1.93. The zero-order valence-corrected chi connectivity index (χ0v) is 17.2. The second kappa shape index (κ2) is 7.84. The van der Waals surface area contributed by atoms with E-state index in [0.29, 0.717) is 14.2 Å². The van der Waals surface area contributed by atoms with Gasteiger partial charge in [0.25, 0.3) is 5.56 Å². The first kappa shape index (κ1) is 19.4. The molecule has 3 aromatic rings. The summed E-state index contributed by atoms with van der Waals surface area (Å²) in [5.74, 6) is -0.837. The molecule has 0 radical (unpaired) electrons. The Bertz CT molecular complexity index is 1270. The van der Waals surface area contributed by atoms with Crippen LogP contribution in [0.1, 0.15) is 5.56 Å². The number of carbonyl (C=O) groups is 1. The molecule has 0 N–H and O–H groups in total. The lowest BCUT2D eigenvalue weighted by Crippen LogP contribution is -2.36. The number of fused-ring (bicyclic) bond motifs is 1. The van der Waals surface area contributed by atoms with Gasteiger partial charge in [0.1, 0.15) is 21.9 Å². The second-order valence-electron chi connectivity index (χ2n) is 6.24. The van der Waals surface area contributed by atoms with E-state index < -0.39 is 5.97 Å². The molecule has 1 aromatic carbocycles. The van der Waals surface area contributed by atoms with Crippen molar-refractivity contribution < 1.29 is 13.9 Å². The van der Waals surface area contributed by atoms with E-state index in [0.717, 1.165) is 16.1 Å². The number of benzene rings is 1. The summed E-state index contributed by atoms with van der Waals surface area (Å²) in [6, 6.07) is 8.16. The van der Waals surface area contributed by atoms with E-state index in [-0.39, 0.29) is 17.9 Å². The molecular weight excluding hydrogens is 413 g/mol. The lowest BCUT2D eigenvalue weighted by molar-refractivity contribution is -0.141. The van der Waals surface area contributed by atoms with Crippen LogP contribution < -0.4 is 19.7 Å². The summed E-state index contributed by atoms with van der Waals surface area (Å²) in [6.45, 7) is -0.189. The van der Waals surface area contributed by atoms with Crippen molar-refractivity contribution in [1.29, 1.82) is 0 Å². The molecule has 4 rings (SSSR count). The zero-order chi connectivity index (χ0) is 20.5. The average molecular weight is 429 g/mol. The van der Waals surface area contributed by atoms with E-state index >= 15 is 0 Å². The number of halogens is 1. The molecule has 0 amide bonds. The minimum Gasteiger partial charge on any atom is -0.468 e. The molecular formula is C20H16FN3O3S2. The molecule has 1 aliphatic heterocycles. The summed E-state index contributed by atoms with van der Waals surface area (Å²) in [7, 11) is 3.12. The summed E-state index contributed by atoms with van der Waals surface area (Å²) in [4.78, 5) is 31.7. The van der Waals surface area contributed by atoms with Crippen LogP contribution in [0.5, 0.6) is 0 Å². The normalized spacial score (nSPS) is 15.6. The van der Waals surface area contributed by atoms with Crippen LogP contribution in [0.2, 0.25) is 0 Å². The SMILES string of the molecule is COC(=O)Cn1c(=Cc2ccncc2)sc(=C2Sc3cc(F)ccc3N2C)c1=O. The maximum absolute atomic E-state index is 13.6. The number of pyridine rings is 1. The van der Waals surface area contributed by atoms with Crippen LogP contribution in [-0.4, -0.2) is 29.7 Å². The quantitative estimate of drug-likeness (QED) is 0.591. The first-order chi connectivity index (χ1) is 14.0. The third-order valence-corrected chi connectivity index (χ3v) is 6.88. The molecule has 0 aliphatic carbocycles. The molecule has 148 valence electrons. The summed E-state index contributed by atoms with van der Waals surface area (Å²) < 4.78 is 20.9. The third kappa shape index (κ3) is 3.70. The lowest BCUT2D eigenvalue weighted by atomic mass is 10.3. The van der Waals surface area contributed by atoms with Crippen LogP contribution in [0.15, 0.2) is 52.4 Å². The van der Waals surface area contributed by atoms with Crippen molar-refractivity contribution in [2.45, 2.75) is 11.4 Å². The van der Waals surface area contributed by atoms with Crippen molar-refractivity contribution in [2.24, 2.45) is 0 Å². The van der Waals surface area contributed by atoms with Crippen LogP contribution in [-0.2, 0) is 16.1 Å². The molecule has 0 saturated carbocycles. The van der Waals surface area contributed by atoms with Gasteiger partial charge in [0.2, 0.25) is 0 Å². The average Bonchev–Trinajstić information content (AvgIpc) is 3.19. The molecule has 0 spiro atoms. The van der Waals surface area contributed by atoms with Gasteiger partial charge >= 0.3 is 5.97 Å². The van der Waals surface area contributed by atoms with Gasteiger partial charge in [-0.25, -0.2) is 4.39 Å². The number of nitrogens with zero attached hydrogens (tertiary/aromatic N) is 3. The predicted molar refractivity (Wildman–Crippen MR) is 112 cm³/mol. The second-order valence-corrected chi connectivity index (χ2v) is 8.30. The maximum Gasteiger partial charge on any atom is 0.325 e. The van der Waals surface area contributed by atoms with Crippen LogP contribution in [0.25, 0.3) is 11.1 Å². The van der Waals surface area contributed by atoms with Crippen molar-refractivity contribution in [1.82, 2.24) is 9.55 Å².